The van der Waals surface area contributed by atoms with E-state index in [2.05, 4.69) is 36.0 Å². The number of aromatic nitrogens is 1. The highest BCUT2D eigenvalue weighted by atomic mass is 15.1. The Balaban J connectivity index is 2.19. The van der Waals surface area contributed by atoms with Gasteiger partial charge in [-0.25, -0.2) is 0 Å². The average molecular weight is 235 g/mol. The first-order valence-electron chi connectivity index (χ1n) is 6.53. The molecule has 1 aromatic heterocycles. The summed E-state index contributed by atoms with van der Waals surface area (Å²) in [5, 5.41) is 0. The third kappa shape index (κ3) is 5.80. The standard InChI is InChI=1S/C14H25N3/c1-3-13(12-15)6-10-17(2)11-7-14-4-8-16-9-5-14/h4-5,8-9,13H,3,6-7,10-12,15H2,1-2H3. The number of hydrogen-bond acceptors (Lipinski definition) is 3. The van der Waals surface area contributed by atoms with Crippen molar-refractivity contribution in [3.8, 4) is 0 Å². The van der Waals surface area contributed by atoms with Gasteiger partial charge in [0, 0.05) is 18.9 Å². The van der Waals surface area contributed by atoms with Gasteiger partial charge in [0.2, 0.25) is 0 Å². The molecule has 1 unspecified atom stereocenters. The number of likely N-dealkylation sites (N-methyl/N-ethyl adjacent to an activating group) is 1. The van der Waals surface area contributed by atoms with Gasteiger partial charge in [0.05, 0.1) is 0 Å². The molecule has 0 bridgehead atoms. The van der Waals surface area contributed by atoms with E-state index in [4.69, 9.17) is 5.73 Å². The summed E-state index contributed by atoms with van der Waals surface area (Å²) < 4.78 is 0. The van der Waals surface area contributed by atoms with Gasteiger partial charge in [-0.3, -0.25) is 4.98 Å². The molecule has 17 heavy (non-hydrogen) atoms. The molecule has 2 N–H and O–H groups in total. The monoisotopic (exact) mass is 235 g/mol. The van der Waals surface area contributed by atoms with E-state index in [0.29, 0.717) is 5.92 Å². The summed E-state index contributed by atoms with van der Waals surface area (Å²) >= 11 is 0. The molecule has 0 aromatic carbocycles. The van der Waals surface area contributed by atoms with Crippen molar-refractivity contribution in [3.05, 3.63) is 30.1 Å². The lowest BCUT2D eigenvalue weighted by atomic mass is 10.0. The lowest BCUT2D eigenvalue weighted by molar-refractivity contribution is 0.301. The molecule has 0 spiro atoms. The first-order chi connectivity index (χ1) is 8.26. The fraction of sp³-hybridized carbons (Fsp3) is 0.643. The number of hydrogen-bond donors (Lipinski definition) is 1. The van der Waals surface area contributed by atoms with Gasteiger partial charge in [-0.15, -0.1) is 0 Å². The third-order valence-electron chi connectivity index (χ3n) is 3.36. The summed E-state index contributed by atoms with van der Waals surface area (Å²) in [6.45, 7) is 5.27. The zero-order valence-electron chi connectivity index (χ0n) is 11.1. The Morgan fingerprint density at radius 1 is 1.29 bits per heavy atom. The van der Waals surface area contributed by atoms with Crippen LogP contribution in [0.3, 0.4) is 0 Å². The quantitative estimate of drug-likeness (QED) is 0.748. The van der Waals surface area contributed by atoms with Gasteiger partial charge < -0.3 is 10.6 Å². The van der Waals surface area contributed by atoms with Gasteiger partial charge in [-0.05, 0) is 56.6 Å². The van der Waals surface area contributed by atoms with Crippen LogP contribution in [0.5, 0.6) is 0 Å². The van der Waals surface area contributed by atoms with Crippen molar-refractivity contribution in [1.82, 2.24) is 9.88 Å². The maximum Gasteiger partial charge on any atom is 0.0270 e. The molecule has 1 aromatic rings. The Labute approximate surface area is 105 Å². The maximum atomic E-state index is 5.71. The Kier molecular flexibility index (Phi) is 6.82. The van der Waals surface area contributed by atoms with E-state index in [1.165, 1.54) is 18.4 Å². The third-order valence-corrected chi connectivity index (χ3v) is 3.36. The molecule has 0 saturated carbocycles. The number of rotatable bonds is 8. The predicted octanol–water partition coefficient (Wildman–Crippen LogP) is 1.93. The molecule has 1 rings (SSSR count). The van der Waals surface area contributed by atoms with E-state index in [1.807, 2.05) is 12.4 Å². The van der Waals surface area contributed by atoms with Crippen LogP contribution in [0.4, 0.5) is 0 Å². The summed E-state index contributed by atoms with van der Waals surface area (Å²) in [7, 11) is 2.18. The van der Waals surface area contributed by atoms with Gasteiger partial charge >= 0.3 is 0 Å². The average Bonchev–Trinajstić information content (AvgIpc) is 2.39. The Morgan fingerprint density at radius 2 is 2.00 bits per heavy atom. The fourth-order valence-electron chi connectivity index (χ4n) is 1.87. The second-order valence-corrected chi connectivity index (χ2v) is 4.71. The number of pyridine rings is 1. The molecule has 1 heterocycles. The maximum absolute atomic E-state index is 5.71. The van der Waals surface area contributed by atoms with Crippen molar-refractivity contribution in [3.63, 3.8) is 0 Å². The van der Waals surface area contributed by atoms with Crippen LogP contribution in [-0.4, -0.2) is 36.6 Å². The molecular weight excluding hydrogens is 210 g/mol. The van der Waals surface area contributed by atoms with Crippen molar-refractivity contribution in [2.45, 2.75) is 26.2 Å². The van der Waals surface area contributed by atoms with Crippen molar-refractivity contribution in [1.29, 1.82) is 0 Å². The summed E-state index contributed by atoms with van der Waals surface area (Å²) in [6.07, 6.45) is 7.21. The van der Waals surface area contributed by atoms with Crippen LogP contribution in [0.2, 0.25) is 0 Å². The smallest absolute Gasteiger partial charge is 0.0270 e. The minimum absolute atomic E-state index is 0.679. The van der Waals surface area contributed by atoms with Gasteiger partial charge in [-0.2, -0.15) is 0 Å². The molecule has 3 nitrogen and oxygen atoms in total. The predicted molar refractivity (Wildman–Crippen MR) is 72.9 cm³/mol. The van der Waals surface area contributed by atoms with Gasteiger partial charge in [0.25, 0.3) is 0 Å². The second-order valence-electron chi connectivity index (χ2n) is 4.71. The first kappa shape index (κ1) is 14.1. The SMILES string of the molecule is CCC(CN)CCN(C)CCc1ccncc1. The lowest BCUT2D eigenvalue weighted by Crippen LogP contribution is -2.26. The molecule has 0 fully saturated rings. The van der Waals surface area contributed by atoms with E-state index in [9.17, 15) is 0 Å². The van der Waals surface area contributed by atoms with Crippen LogP contribution in [0.15, 0.2) is 24.5 Å². The minimum Gasteiger partial charge on any atom is -0.330 e. The highest BCUT2D eigenvalue weighted by molar-refractivity contribution is 5.09. The molecule has 0 radical (unpaired) electrons. The van der Waals surface area contributed by atoms with E-state index in [1.54, 1.807) is 0 Å². The number of nitrogens with zero attached hydrogens (tertiary/aromatic N) is 2. The molecule has 0 aliphatic heterocycles. The zero-order valence-corrected chi connectivity index (χ0v) is 11.1. The van der Waals surface area contributed by atoms with Crippen LogP contribution >= 0.6 is 0 Å². The zero-order chi connectivity index (χ0) is 12.5. The summed E-state index contributed by atoms with van der Waals surface area (Å²) in [4.78, 5) is 6.41. The van der Waals surface area contributed by atoms with Crippen molar-refractivity contribution >= 4 is 0 Å². The summed E-state index contributed by atoms with van der Waals surface area (Å²) in [6, 6.07) is 4.17. The minimum atomic E-state index is 0.679. The van der Waals surface area contributed by atoms with Gasteiger partial charge in [-0.1, -0.05) is 13.3 Å². The summed E-state index contributed by atoms with van der Waals surface area (Å²) in [5.41, 5.74) is 7.07. The highest BCUT2D eigenvalue weighted by Gasteiger charge is 2.05. The fourth-order valence-corrected chi connectivity index (χ4v) is 1.87. The van der Waals surface area contributed by atoms with Crippen LogP contribution < -0.4 is 5.73 Å². The first-order valence-corrected chi connectivity index (χ1v) is 6.53. The highest BCUT2D eigenvalue weighted by Crippen LogP contribution is 2.07. The Bertz CT molecular complexity index is 283. The Morgan fingerprint density at radius 3 is 2.59 bits per heavy atom. The topological polar surface area (TPSA) is 42.1 Å². The molecule has 96 valence electrons. The van der Waals surface area contributed by atoms with Crippen LogP contribution in [0, 0.1) is 5.92 Å². The largest absolute Gasteiger partial charge is 0.330 e. The molecule has 0 amide bonds. The number of nitrogens with two attached hydrogens (primary N) is 1. The van der Waals surface area contributed by atoms with Crippen LogP contribution in [-0.2, 0) is 6.42 Å². The van der Waals surface area contributed by atoms with Gasteiger partial charge in [0.1, 0.15) is 0 Å². The molecular formula is C14H25N3. The lowest BCUT2D eigenvalue weighted by Gasteiger charge is -2.19. The molecule has 0 aliphatic carbocycles. The van der Waals surface area contributed by atoms with E-state index in [0.717, 1.165) is 26.1 Å². The molecule has 3 heteroatoms. The van der Waals surface area contributed by atoms with E-state index < -0.39 is 0 Å². The second kappa shape index (κ2) is 8.20. The normalized spacial score (nSPS) is 12.9. The van der Waals surface area contributed by atoms with Crippen molar-refractivity contribution < 1.29 is 0 Å². The van der Waals surface area contributed by atoms with Gasteiger partial charge in [0.15, 0.2) is 0 Å². The van der Waals surface area contributed by atoms with E-state index >= 15 is 0 Å². The molecule has 0 saturated heterocycles. The van der Waals surface area contributed by atoms with Crippen LogP contribution in [0.25, 0.3) is 0 Å². The molecule has 0 aliphatic rings. The Hall–Kier alpha value is -0.930. The summed E-state index contributed by atoms with van der Waals surface area (Å²) in [5.74, 6) is 0.679. The van der Waals surface area contributed by atoms with E-state index in [-0.39, 0.29) is 0 Å². The van der Waals surface area contributed by atoms with Crippen LogP contribution in [0.1, 0.15) is 25.3 Å². The van der Waals surface area contributed by atoms with Crippen molar-refractivity contribution in [2.75, 3.05) is 26.7 Å². The van der Waals surface area contributed by atoms with Crippen molar-refractivity contribution in [2.24, 2.45) is 11.7 Å². The molecule has 1 atom stereocenters.